The fourth-order valence-electron chi connectivity index (χ4n) is 3.85. The van der Waals surface area contributed by atoms with E-state index >= 15 is 0 Å². The molecule has 1 aliphatic heterocycles. The first kappa shape index (κ1) is 18.7. The molecule has 0 radical (unpaired) electrons. The van der Waals surface area contributed by atoms with E-state index < -0.39 is 0 Å². The molecule has 26 heavy (non-hydrogen) atoms. The second kappa shape index (κ2) is 9.54. The molecular weight excluding hydrogens is 320 g/mol. The first-order chi connectivity index (χ1) is 12.8. The van der Waals surface area contributed by atoms with Crippen molar-refractivity contribution >= 4 is 5.91 Å². The Kier molecular flexibility index (Phi) is 6.84. The van der Waals surface area contributed by atoms with Crippen LogP contribution in [-0.4, -0.2) is 36.5 Å². The average molecular weight is 351 g/mol. The van der Waals surface area contributed by atoms with E-state index in [1.807, 2.05) is 42.5 Å². The van der Waals surface area contributed by atoms with Crippen molar-refractivity contribution in [1.29, 1.82) is 0 Å². The molecule has 0 bridgehead atoms. The molecule has 1 amide bonds. The highest BCUT2D eigenvalue weighted by atomic mass is 16.1. The predicted molar refractivity (Wildman–Crippen MR) is 108 cm³/mol. The van der Waals surface area contributed by atoms with Crippen molar-refractivity contribution in [2.45, 2.75) is 45.1 Å². The number of piperidine rings is 1. The van der Waals surface area contributed by atoms with Crippen LogP contribution in [0.2, 0.25) is 0 Å². The van der Waals surface area contributed by atoms with Crippen molar-refractivity contribution in [3.8, 4) is 11.1 Å². The van der Waals surface area contributed by atoms with Gasteiger partial charge in [-0.05, 0) is 55.5 Å². The third-order valence-corrected chi connectivity index (χ3v) is 5.38. The Morgan fingerprint density at radius 2 is 1.77 bits per heavy atom. The van der Waals surface area contributed by atoms with Gasteiger partial charge in [-0.15, -0.1) is 0 Å². The maximum atomic E-state index is 12.3. The van der Waals surface area contributed by atoms with Gasteiger partial charge in [-0.25, -0.2) is 0 Å². The first-order valence-corrected chi connectivity index (χ1v) is 9.95. The van der Waals surface area contributed by atoms with Crippen molar-refractivity contribution in [1.82, 2.24) is 10.2 Å². The Hall–Kier alpha value is -2.13. The molecule has 1 N–H and O–H groups in total. The number of hydrogen-bond acceptors (Lipinski definition) is 2. The molecule has 1 heterocycles. The zero-order valence-electron chi connectivity index (χ0n) is 15.8. The van der Waals surface area contributed by atoms with Gasteiger partial charge in [0.25, 0.3) is 5.91 Å². The third kappa shape index (κ3) is 4.95. The summed E-state index contributed by atoms with van der Waals surface area (Å²) >= 11 is 0. The second-order valence-corrected chi connectivity index (χ2v) is 7.15. The van der Waals surface area contributed by atoms with Gasteiger partial charge in [0.2, 0.25) is 0 Å². The van der Waals surface area contributed by atoms with Gasteiger partial charge in [-0.2, -0.15) is 0 Å². The Balaban J connectivity index is 1.45. The quantitative estimate of drug-likeness (QED) is 0.732. The zero-order valence-corrected chi connectivity index (χ0v) is 15.8. The summed E-state index contributed by atoms with van der Waals surface area (Å²) < 4.78 is 0. The Labute approximate surface area is 157 Å². The molecule has 3 nitrogen and oxygen atoms in total. The molecule has 3 rings (SSSR count). The van der Waals surface area contributed by atoms with Crippen LogP contribution in [0.3, 0.4) is 0 Å². The summed E-state index contributed by atoms with van der Waals surface area (Å²) in [5, 5.41) is 3.07. The number of nitrogens with one attached hydrogen (secondary N) is 1. The molecule has 1 aliphatic rings. The normalized spacial score (nSPS) is 17.8. The molecule has 3 heteroatoms. The highest BCUT2D eigenvalue weighted by Gasteiger charge is 2.19. The number of benzene rings is 2. The van der Waals surface area contributed by atoms with E-state index in [1.165, 1.54) is 37.8 Å². The van der Waals surface area contributed by atoms with E-state index in [2.05, 4.69) is 29.3 Å². The minimum atomic E-state index is 0.0234. The topological polar surface area (TPSA) is 32.3 Å². The number of nitrogens with zero attached hydrogens (tertiary/aromatic N) is 1. The average Bonchev–Trinajstić information content (AvgIpc) is 2.72. The molecule has 1 atom stereocenters. The van der Waals surface area contributed by atoms with Crippen molar-refractivity contribution in [2.24, 2.45) is 0 Å². The number of rotatable bonds is 7. The van der Waals surface area contributed by atoms with Gasteiger partial charge in [-0.3, -0.25) is 4.79 Å². The Morgan fingerprint density at radius 3 is 2.50 bits per heavy atom. The van der Waals surface area contributed by atoms with Crippen LogP contribution in [0.1, 0.15) is 49.4 Å². The Bertz CT molecular complexity index is 681. The molecule has 0 saturated carbocycles. The summed E-state index contributed by atoms with van der Waals surface area (Å²) in [5.74, 6) is 0.0234. The highest BCUT2D eigenvalue weighted by molar-refractivity contribution is 5.94. The SMILES string of the molecule is CC[C@H]1CCCCN1CCCNC(=O)c1ccc(-c2ccccc2)cc1. The van der Waals surface area contributed by atoms with Gasteiger partial charge in [-0.1, -0.05) is 55.8 Å². The minimum absolute atomic E-state index is 0.0234. The lowest BCUT2D eigenvalue weighted by Crippen LogP contribution is -2.40. The predicted octanol–water partition coefficient (Wildman–Crippen LogP) is 4.74. The van der Waals surface area contributed by atoms with Gasteiger partial charge >= 0.3 is 0 Å². The van der Waals surface area contributed by atoms with Crippen molar-refractivity contribution in [3.05, 3.63) is 60.2 Å². The molecule has 1 saturated heterocycles. The summed E-state index contributed by atoms with van der Waals surface area (Å²) in [7, 11) is 0. The van der Waals surface area contributed by atoms with E-state index in [0.29, 0.717) is 0 Å². The molecule has 1 fully saturated rings. The van der Waals surface area contributed by atoms with Crippen LogP contribution < -0.4 is 5.32 Å². The van der Waals surface area contributed by atoms with Gasteiger partial charge in [0.05, 0.1) is 0 Å². The van der Waals surface area contributed by atoms with E-state index in [1.54, 1.807) is 0 Å². The van der Waals surface area contributed by atoms with Crippen LogP contribution in [0.25, 0.3) is 11.1 Å². The number of carbonyl (C=O) groups excluding carboxylic acids is 1. The second-order valence-electron chi connectivity index (χ2n) is 7.15. The van der Waals surface area contributed by atoms with Gasteiger partial charge in [0, 0.05) is 24.7 Å². The van der Waals surface area contributed by atoms with Crippen LogP contribution in [0, 0.1) is 0 Å². The smallest absolute Gasteiger partial charge is 0.251 e. The third-order valence-electron chi connectivity index (χ3n) is 5.38. The number of amides is 1. The standard InChI is InChI=1S/C23H30N2O/c1-2-22-11-6-7-17-25(22)18-8-16-24-23(26)21-14-12-20(13-15-21)19-9-4-3-5-10-19/h3-5,9-10,12-15,22H,2,6-8,11,16-18H2,1H3,(H,24,26)/t22-/m0/s1. The van der Waals surface area contributed by atoms with Crippen LogP contribution in [0.5, 0.6) is 0 Å². The summed E-state index contributed by atoms with van der Waals surface area (Å²) in [6, 6.07) is 18.8. The first-order valence-electron chi connectivity index (χ1n) is 9.95. The monoisotopic (exact) mass is 350 g/mol. The minimum Gasteiger partial charge on any atom is -0.352 e. The Morgan fingerprint density at radius 1 is 1.04 bits per heavy atom. The number of hydrogen-bond donors (Lipinski definition) is 1. The lowest BCUT2D eigenvalue weighted by Gasteiger charge is -2.35. The maximum absolute atomic E-state index is 12.3. The van der Waals surface area contributed by atoms with Crippen LogP contribution in [-0.2, 0) is 0 Å². The van der Waals surface area contributed by atoms with Gasteiger partial charge < -0.3 is 10.2 Å². The molecule has 0 unspecified atom stereocenters. The summed E-state index contributed by atoms with van der Waals surface area (Å²) in [4.78, 5) is 14.9. The van der Waals surface area contributed by atoms with E-state index in [0.717, 1.165) is 36.7 Å². The highest BCUT2D eigenvalue weighted by Crippen LogP contribution is 2.20. The van der Waals surface area contributed by atoms with Gasteiger partial charge in [0.1, 0.15) is 0 Å². The summed E-state index contributed by atoms with van der Waals surface area (Å²) in [6.45, 7) is 5.33. The number of carbonyl (C=O) groups is 1. The molecular formula is C23H30N2O. The molecule has 138 valence electrons. The molecule has 2 aromatic rings. The molecule has 0 aromatic heterocycles. The molecule has 2 aromatic carbocycles. The fourth-order valence-corrected chi connectivity index (χ4v) is 3.85. The fraction of sp³-hybridized carbons (Fsp3) is 0.435. The van der Waals surface area contributed by atoms with E-state index in [9.17, 15) is 4.79 Å². The van der Waals surface area contributed by atoms with Crippen LogP contribution in [0.15, 0.2) is 54.6 Å². The zero-order chi connectivity index (χ0) is 18.2. The maximum Gasteiger partial charge on any atom is 0.251 e. The summed E-state index contributed by atoms with van der Waals surface area (Å²) in [6.07, 6.45) is 6.27. The molecule has 0 spiro atoms. The van der Waals surface area contributed by atoms with Crippen molar-refractivity contribution in [2.75, 3.05) is 19.6 Å². The van der Waals surface area contributed by atoms with Crippen LogP contribution >= 0.6 is 0 Å². The van der Waals surface area contributed by atoms with Crippen LogP contribution in [0.4, 0.5) is 0 Å². The summed E-state index contributed by atoms with van der Waals surface area (Å²) in [5.41, 5.74) is 3.04. The van der Waals surface area contributed by atoms with E-state index in [4.69, 9.17) is 0 Å². The molecule has 0 aliphatic carbocycles. The van der Waals surface area contributed by atoms with Crippen molar-refractivity contribution < 1.29 is 4.79 Å². The number of likely N-dealkylation sites (tertiary alicyclic amines) is 1. The van der Waals surface area contributed by atoms with Crippen molar-refractivity contribution in [3.63, 3.8) is 0 Å². The van der Waals surface area contributed by atoms with E-state index in [-0.39, 0.29) is 5.91 Å². The lowest BCUT2D eigenvalue weighted by molar-refractivity contribution is 0.0947. The lowest BCUT2D eigenvalue weighted by atomic mass is 10.00. The van der Waals surface area contributed by atoms with Gasteiger partial charge in [0.15, 0.2) is 0 Å². The largest absolute Gasteiger partial charge is 0.352 e.